The van der Waals surface area contributed by atoms with Crippen molar-refractivity contribution in [1.82, 2.24) is 9.55 Å². The highest BCUT2D eigenvalue weighted by Gasteiger charge is 2.06. The largest absolute Gasteiger partial charge is 0.465 e. The first kappa shape index (κ1) is 9.71. The summed E-state index contributed by atoms with van der Waals surface area (Å²) in [6.45, 7) is 2.42. The maximum absolute atomic E-state index is 11.3. The normalized spacial score (nSPS) is 10.5. The van der Waals surface area contributed by atoms with Gasteiger partial charge in [-0.25, -0.2) is 4.98 Å². The summed E-state index contributed by atoms with van der Waals surface area (Å²) in [4.78, 5) is 15.5. The fourth-order valence-electron chi connectivity index (χ4n) is 1.48. The van der Waals surface area contributed by atoms with Crippen LogP contribution in [0.2, 0.25) is 0 Å². The van der Waals surface area contributed by atoms with Crippen molar-refractivity contribution in [3.63, 3.8) is 0 Å². The van der Waals surface area contributed by atoms with E-state index in [1.165, 1.54) is 0 Å². The van der Waals surface area contributed by atoms with E-state index in [9.17, 15) is 4.79 Å². The average Bonchev–Trinajstić information content (AvgIpc) is 2.62. The highest BCUT2D eigenvalue weighted by Crippen LogP contribution is 2.11. The van der Waals surface area contributed by atoms with Crippen molar-refractivity contribution in [2.24, 2.45) is 0 Å². The van der Waals surface area contributed by atoms with Gasteiger partial charge in [-0.1, -0.05) is 12.1 Å². The van der Waals surface area contributed by atoms with Gasteiger partial charge in [0.15, 0.2) is 0 Å². The molecule has 0 saturated carbocycles. The molecule has 0 atom stereocenters. The molecule has 1 aromatic heterocycles. The molecule has 0 fully saturated rings. The summed E-state index contributed by atoms with van der Waals surface area (Å²) < 4.78 is 6.66. The van der Waals surface area contributed by atoms with Crippen molar-refractivity contribution in [2.45, 2.75) is 13.5 Å². The van der Waals surface area contributed by atoms with Gasteiger partial charge in [0.25, 0.3) is 0 Å². The summed E-state index contributed by atoms with van der Waals surface area (Å²) in [7, 11) is 0. The summed E-state index contributed by atoms with van der Waals surface area (Å²) in [6.07, 6.45) is 1.65. The Morgan fingerprint density at radius 2 is 2.27 bits per heavy atom. The molecule has 4 heteroatoms. The Labute approximate surface area is 87.5 Å². The molecule has 0 aliphatic carbocycles. The predicted molar refractivity (Wildman–Crippen MR) is 56.4 cm³/mol. The first-order chi connectivity index (χ1) is 7.31. The molecular formula is C11H12N2O2. The molecule has 2 aromatic rings. The Hall–Kier alpha value is -1.84. The van der Waals surface area contributed by atoms with E-state index >= 15 is 0 Å². The lowest BCUT2D eigenvalue weighted by Gasteiger charge is -2.03. The fraction of sp³-hybridized carbons (Fsp3) is 0.273. The molecule has 0 aliphatic heterocycles. The van der Waals surface area contributed by atoms with Crippen LogP contribution in [-0.4, -0.2) is 22.1 Å². The molecule has 1 heterocycles. The Bertz CT molecular complexity index is 476. The fourth-order valence-corrected chi connectivity index (χ4v) is 1.48. The second kappa shape index (κ2) is 4.13. The molecule has 1 aromatic carbocycles. The maximum Gasteiger partial charge on any atom is 0.325 e. The third kappa shape index (κ3) is 1.98. The van der Waals surface area contributed by atoms with Crippen LogP contribution in [0.1, 0.15) is 6.92 Å². The Morgan fingerprint density at radius 3 is 3.07 bits per heavy atom. The van der Waals surface area contributed by atoms with Gasteiger partial charge in [-0.3, -0.25) is 4.79 Å². The van der Waals surface area contributed by atoms with Crippen molar-refractivity contribution in [1.29, 1.82) is 0 Å². The number of imidazole rings is 1. The molecule has 0 amide bonds. The number of carbonyl (C=O) groups excluding carboxylic acids is 1. The molecule has 78 valence electrons. The number of rotatable bonds is 3. The van der Waals surface area contributed by atoms with Crippen molar-refractivity contribution in [3.05, 3.63) is 30.6 Å². The molecule has 0 aliphatic rings. The van der Waals surface area contributed by atoms with E-state index in [4.69, 9.17) is 4.74 Å². The quantitative estimate of drug-likeness (QED) is 0.713. The van der Waals surface area contributed by atoms with Gasteiger partial charge in [-0.15, -0.1) is 0 Å². The molecular weight excluding hydrogens is 192 g/mol. The average molecular weight is 204 g/mol. The third-order valence-corrected chi connectivity index (χ3v) is 2.13. The van der Waals surface area contributed by atoms with E-state index in [0.717, 1.165) is 11.0 Å². The molecule has 0 unspecified atom stereocenters. The number of carbonyl (C=O) groups is 1. The van der Waals surface area contributed by atoms with Gasteiger partial charge in [-0.2, -0.15) is 0 Å². The van der Waals surface area contributed by atoms with Crippen molar-refractivity contribution in [2.75, 3.05) is 6.61 Å². The van der Waals surface area contributed by atoms with Gasteiger partial charge in [-0.05, 0) is 19.1 Å². The number of ether oxygens (including phenoxy) is 1. The highest BCUT2D eigenvalue weighted by molar-refractivity contribution is 5.77. The minimum absolute atomic E-state index is 0.217. The number of aromatic nitrogens is 2. The molecule has 0 saturated heterocycles. The van der Waals surface area contributed by atoms with Crippen LogP contribution in [0.3, 0.4) is 0 Å². The molecule has 15 heavy (non-hydrogen) atoms. The van der Waals surface area contributed by atoms with E-state index in [-0.39, 0.29) is 12.5 Å². The lowest BCUT2D eigenvalue weighted by atomic mass is 10.3. The predicted octanol–water partition coefficient (Wildman–Crippen LogP) is 1.60. The molecule has 2 rings (SSSR count). The number of para-hydroxylation sites is 2. The summed E-state index contributed by atoms with van der Waals surface area (Å²) in [5.74, 6) is -0.236. The summed E-state index contributed by atoms with van der Waals surface area (Å²) in [6, 6.07) is 7.69. The van der Waals surface area contributed by atoms with Crippen LogP contribution < -0.4 is 0 Å². The van der Waals surface area contributed by atoms with Crippen LogP contribution in [-0.2, 0) is 16.1 Å². The number of esters is 1. The molecule has 4 nitrogen and oxygen atoms in total. The van der Waals surface area contributed by atoms with Crippen LogP contribution in [0.4, 0.5) is 0 Å². The number of hydrogen-bond acceptors (Lipinski definition) is 3. The summed E-state index contributed by atoms with van der Waals surface area (Å²) in [5.41, 5.74) is 1.84. The first-order valence-electron chi connectivity index (χ1n) is 4.86. The zero-order chi connectivity index (χ0) is 10.7. The number of nitrogens with zero attached hydrogens (tertiary/aromatic N) is 2. The van der Waals surface area contributed by atoms with Crippen molar-refractivity contribution >= 4 is 17.0 Å². The first-order valence-corrected chi connectivity index (χ1v) is 4.86. The number of fused-ring (bicyclic) bond motifs is 1. The lowest BCUT2D eigenvalue weighted by Crippen LogP contribution is -2.12. The maximum atomic E-state index is 11.3. The second-order valence-corrected chi connectivity index (χ2v) is 3.17. The third-order valence-electron chi connectivity index (χ3n) is 2.13. The topological polar surface area (TPSA) is 44.1 Å². The van der Waals surface area contributed by atoms with E-state index in [1.54, 1.807) is 17.8 Å². The SMILES string of the molecule is CCOC(=O)Cn1cnc2ccccc21. The van der Waals surface area contributed by atoms with Crippen molar-refractivity contribution < 1.29 is 9.53 Å². The van der Waals surface area contributed by atoms with Crippen molar-refractivity contribution in [3.8, 4) is 0 Å². The summed E-state index contributed by atoms with van der Waals surface area (Å²) in [5, 5.41) is 0. The standard InChI is InChI=1S/C11H12N2O2/c1-2-15-11(14)7-13-8-12-9-5-3-4-6-10(9)13/h3-6,8H,2,7H2,1H3. The van der Waals surface area contributed by atoms with Crippen LogP contribution in [0.25, 0.3) is 11.0 Å². The minimum atomic E-state index is -0.236. The van der Waals surface area contributed by atoms with Crippen LogP contribution in [0.15, 0.2) is 30.6 Å². The van der Waals surface area contributed by atoms with Crippen LogP contribution >= 0.6 is 0 Å². The number of hydrogen-bond donors (Lipinski definition) is 0. The van der Waals surface area contributed by atoms with E-state index in [0.29, 0.717) is 6.61 Å². The summed E-state index contributed by atoms with van der Waals surface area (Å²) >= 11 is 0. The zero-order valence-electron chi connectivity index (χ0n) is 8.51. The minimum Gasteiger partial charge on any atom is -0.465 e. The van der Waals surface area contributed by atoms with Crippen LogP contribution in [0.5, 0.6) is 0 Å². The highest BCUT2D eigenvalue weighted by atomic mass is 16.5. The van der Waals surface area contributed by atoms with Gasteiger partial charge in [0.1, 0.15) is 6.54 Å². The Balaban J connectivity index is 2.25. The molecule has 0 bridgehead atoms. The van der Waals surface area contributed by atoms with Gasteiger partial charge < -0.3 is 9.30 Å². The molecule has 0 spiro atoms. The van der Waals surface area contributed by atoms with E-state index < -0.39 is 0 Å². The Kier molecular flexibility index (Phi) is 2.67. The van der Waals surface area contributed by atoms with E-state index in [2.05, 4.69) is 4.98 Å². The van der Waals surface area contributed by atoms with Gasteiger partial charge in [0.2, 0.25) is 0 Å². The Morgan fingerprint density at radius 1 is 1.47 bits per heavy atom. The number of benzene rings is 1. The van der Waals surface area contributed by atoms with E-state index in [1.807, 2.05) is 24.3 Å². The van der Waals surface area contributed by atoms with Gasteiger partial charge in [0.05, 0.1) is 24.0 Å². The lowest BCUT2D eigenvalue weighted by molar-refractivity contribution is -0.143. The monoisotopic (exact) mass is 204 g/mol. The molecule has 0 radical (unpaired) electrons. The zero-order valence-corrected chi connectivity index (χ0v) is 8.51. The van der Waals surface area contributed by atoms with Crippen LogP contribution in [0, 0.1) is 0 Å². The van der Waals surface area contributed by atoms with Gasteiger partial charge >= 0.3 is 5.97 Å². The van der Waals surface area contributed by atoms with Gasteiger partial charge in [0, 0.05) is 0 Å². The molecule has 0 N–H and O–H groups in total. The second-order valence-electron chi connectivity index (χ2n) is 3.17. The smallest absolute Gasteiger partial charge is 0.325 e.